The van der Waals surface area contributed by atoms with E-state index in [1.54, 1.807) is 7.11 Å². The molecule has 0 radical (unpaired) electrons. The van der Waals surface area contributed by atoms with Gasteiger partial charge in [0.15, 0.2) is 0 Å². The second kappa shape index (κ2) is 5.47. The quantitative estimate of drug-likeness (QED) is 0.640. The van der Waals surface area contributed by atoms with Gasteiger partial charge in [0, 0.05) is 26.3 Å². The summed E-state index contributed by atoms with van der Waals surface area (Å²) < 4.78 is 5.07. The topological polar surface area (TPSA) is 58.6 Å². The summed E-state index contributed by atoms with van der Waals surface area (Å²) in [6.45, 7) is 3.64. The summed E-state index contributed by atoms with van der Waals surface area (Å²) >= 11 is 0. The molecule has 0 aliphatic heterocycles. The van der Waals surface area contributed by atoms with Crippen molar-refractivity contribution in [2.75, 3.05) is 20.3 Å². The molecular weight excluding hydrogens is 194 g/mol. The normalized spacial score (nSPS) is 19.9. The molecular formula is C11H21NO3. The monoisotopic (exact) mass is 215 g/mol. The highest BCUT2D eigenvalue weighted by atomic mass is 16.5. The molecule has 0 aromatic carbocycles. The lowest BCUT2D eigenvalue weighted by Crippen LogP contribution is -2.34. The molecule has 1 rings (SSSR count). The van der Waals surface area contributed by atoms with Crippen molar-refractivity contribution < 1.29 is 14.6 Å². The number of aliphatic carboxylic acids is 1. The Kier molecular flexibility index (Phi) is 4.54. The minimum atomic E-state index is -0.739. The molecule has 0 saturated heterocycles. The first-order valence-corrected chi connectivity index (χ1v) is 5.52. The van der Waals surface area contributed by atoms with Crippen LogP contribution in [0.1, 0.15) is 32.6 Å². The van der Waals surface area contributed by atoms with Crippen molar-refractivity contribution in [2.45, 2.75) is 38.6 Å². The zero-order valence-electron chi connectivity index (χ0n) is 9.58. The zero-order chi connectivity index (χ0) is 11.3. The minimum Gasteiger partial charge on any atom is -0.481 e. The van der Waals surface area contributed by atoms with Crippen LogP contribution in [0, 0.1) is 5.41 Å². The largest absolute Gasteiger partial charge is 0.481 e. The SMILES string of the molecule is COCCC1(CNC(C)CC(=O)O)CC1. The highest BCUT2D eigenvalue weighted by molar-refractivity contribution is 5.67. The third kappa shape index (κ3) is 4.62. The Morgan fingerprint density at radius 1 is 1.60 bits per heavy atom. The third-order valence-electron chi connectivity index (χ3n) is 3.10. The van der Waals surface area contributed by atoms with Gasteiger partial charge in [-0.15, -0.1) is 0 Å². The molecule has 15 heavy (non-hydrogen) atoms. The number of methoxy groups -OCH3 is 1. The zero-order valence-corrected chi connectivity index (χ0v) is 9.58. The van der Waals surface area contributed by atoms with Crippen LogP contribution in [-0.2, 0) is 9.53 Å². The fraction of sp³-hybridized carbons (Fsp3) is 0.909. The van der Waals surface area contributed by atoms with Gasteiger partial charge in [-0.2, -0.15) is 0 Å². The molecule has 1 aliphatic rings. The van der Waals surface area contributed by atoms with E-state index in [1.165, 1.54) is 12.8 Å². The van der Waals surface area contributed by atoms with Crippen molar-refractivity contribution >= 4 is 5.97 Å². The summed E-state index contributed by atoms with van der Waals surface area (Å²) in [6.07, 6.45) is 3.75. The van der Waals surface area contributed by atoms with E-state index in [4.69, 9.17) is 9.84 Å². The number of carbonyl (C=O) groups is 1. The summed E-state index contributed by atoms with van der Waals surface area (Å²) in [5.41, 5.74) is 0.392. The van der Waals surface area contributed by atoms with Crippen molar-refractivity contribution in [1.29, 1.82) is 0 Å². The Balaban J connectivity index is 2.15. The molecule has 4 nitrogen and oxygen atoms in total. The van der Waals surface area contributed by atoms with E-state index in [-0.39, 0.29) is 12.5 Å². The second-order valence-electron chi connectivity index (χ2n) is 4.62. The van der Waals surface area contributed by atoms with E-state index in [9.17, 15) is 4.79 Å². The summed E-state index contributed by atoms with van der Waals surface area (Å²) in [6, 6.07) is 0.0579. The van der Waals surface area contributed by atoms with Gasteiger partial charge in [0.25, 0.3) is 0 Å². The van der Waals surface area contributed by atoms with Gasteiger partial charge >= 0.3 is 5.97 Å². The maximum atomic E-state index is 10.5. The third-order valence-corrected chi connectivity index (χ3v) is 3.10. The standard InChI is InChI=1S/C11H21NO3/c1-9(7-10(13)14)12-8-11(3-4-11)5-6-15-2/h9,12H,3-8H2,1-2H3,(H,13,14). The first-order chi connectivity index (χ1) is 7.08. The molecule has 1 atom stereocenters. The fourth-order valence-corrected chi connectivity index (χ4v) is 1.74. The molecule has 2 N–H and O–H groups in total. The van der Waals surface area contributed by atoms with Crippen LogP contribution in [0.5, 0.6) is 0 Å². The molecule has 88 valence electrons. The van der Waals surface area contributed by atoms with Crippen LogP contribution >= 0.6 is 0 Å². The van der Waals surface area contributed by atoms with E-state index >= 15 is 0 Å². The number of rotatable bonds is 8. The van der Waals surface area contributed by atoms with Gasteiger partial charge in [-0.25, -0.2) is 0 Å². The van der Waals surface area contributed by atoms with Crippen molar-refractivity contribution in [2.24, 2.45) is 5.41 Å². The summed E-state index contributed by atoms with van der Waals surface area (Å²) in [7, 11) is 1.72. The number of ether oxygens (including phenoxy) is 1. The second-order valence-corrected chi connectivity index (χ2v) is 4.62. The number of carboxylic acids is 1. The maximum absolute atomic E-state index is 10.5. The van der Waals surface area contributed by atoms with Crippen molar-refractivity contribution in [3.63, 3.8) is 0 Å². The average Bonchev–Trinajstić information content (AvgIpc) is 2.92. The highest BCUT2D eigenvalue weighted by Crippen LogP contribution is 2.48. The molecule has 1 unspecified atom stereocenters. The molecule has 0 spiro atoms. The summed E-state index contributed by atoms with van der Waals surface area (Å²) in [5, 5.41) is 11.9. The number of hydrogen-bond donors (Lipinski definition) is 2. The van der Waals surface area contributed by atoms with Gasteiger partial charge < -0.3 is 15.2 Å². The molecule has 0 aromatic heterocycles. The number of carboxylic acid groups (broad SMARTS) is 1. The first-order valence-electron chi connectivity index (χ1n) is 5.52. The summed E-state index contributed by atoms with van der Waals surface area (Å²) in [5.74, 6) is -0.739. The van der Waals surface area contributed by atoms with E-state index in [2.05, 4.69) is 5.32 Å². The van der Waals surface area contributed by atoms with Crippen molar-refractivity contribution in [3.05, 3.63) is 0 Å². The Morgan fingerprint density at radius 2 is 2.27 bits per heavy atom. The van der Waals surface area contributed by atoms with Gasteiger partial charge in [0.05, 0.1) is 6.42 Å². The van der Waals surface area contributed by atoms with Crippen LogP contribution in [0.4, 0.5) is 0 Å². The Labute approximate surface area is 91.0 Å². The van der Waals surface area contributed by atoms with Crippen LogP contribution in [-0.4, -0.2) is 37.4 Å². The lowest BCUT2D eigenvalue weighted by atomic mass is 10.0. The van der Waals surface area contributed by atoms with Crippen molar-refractivity contribution in [3.8, 4) is 0 Å². The van der Waals surface area contributed by atoms with E-state index in [0.29, 0.717) is 5.41 Å². The van der Waals surface area contributed by atoms with Crippen LogP contribution in [0.25, 0.3) is 0 Å². The molecule has 1 aliphatic carbocycles. The average molecular weight is 215 g/mol. The molecule has 0 aromatic rings. The van der Waals surface area contributed by atoms with Gasteiger partial charge in [-0.05, 0) is 31.6 Å². The summed E-state index contributed by atoms with van der Waals surface area (Å²) in [4.78, 5) is 10.5. The highest BCUT2D eigenvalue weighted by Gasteiger charge is 2.41. The van der Waals surface area contributed by atoms with Crippen LogP contribution in [0.3, 0.4) is 0 Å². The molecule has 0 heterocycles. The molecule has 4 heteroatoms. The molecule has 1 fully saturated rings. The smallest absolute Gasteiger partial charge is 0.304 e. The molecule has 1 saturated carbocycles. The minimum absolute atomic E-state index is 0.0579. The van der Waals surface area contributed by atoms with Gasteiger partial charge in [-0.3, -0.25) is 4.79 Å². The van der Waals surface area contributed by atoms with Crippen LogP contribution in [0.2, 0.25) is 0 Å². The maximum Gasteiger partial charge on any atom is 0.304 e. The Morgan fingerprint density at radius 3 is 2.73 bits per heavy atom. The lowest BCUT2D eigenvalue weighted by Gasteiger charge is -2.18. The first kappa shape index (κ1) is 12.5. The van der Waals surface area contributed by atoms with Gasteiger partial charge in [-0.1, -0.05) is 0 Å². The molecule has 0 bridgehead atoms. The Bertz CT molecular complexity index is 214. The molecule has 0 amide bonds. The van der Waals surface area contributed by atoms with Gasteiger partial charge in [0.1, 0.15) is 0 Å². The van der Waals surface area contributed by atoms with Gasteiger partial charge in [0.2, 0.25) is 0 Å². The fourth-order valence-electron chi connectivity index (χ4n) is 1.74. The number of nitrogens with one attached hydrogen (secondary N) is 1. The number of hydrogen-bond acceptors (Lipinski definition) is 3. The van der Waals surface area contributed by atoms with E-state index < -0.39 is 5.97 Å². The van der Waals surface area contributed by atoms with E-state index in [0.717, 1.165) is 19.6 Å². The van der Waals surface area contributed by atoms with Crippen molar-refractivity contribution in [1.82, 2.24) is 5.32 Å². The van der Waals surface area contributed by atoms with E-state index in [1.807, 2.05) is 6.92 Å². The Hall–Kier alpha value is -0.610. The predicted molar refractivity (Wildman–Crippen MR) is 57.9 cm³/mol. The van der Waals surface area contributed by atoms with Crippen LogP contribution in [0.15, 0.2) is 0 Å². The predicted octanol–water partition coefficient (Wildman–Crippen LogP) is 1.26. The van der Waals surface area contributed by atoms with Crippen LogP contribution < -0.4 is 5.32 Å². The lowest BCUT2D eigenvalue weighted by molar-refractivity contribution is -0.137.